The molecule has 0 amide bonds. The first-order chi connectivity index (χ1) is 22.3. The zero-order chi connectivity index (χ0) is 29.8. The fraction of sp³-hybridized carbons (Fsp3) is 0. The third-order valence-electron chi connectivity index (χ3n) is 9.77. The average Bonchev–Trinajstić information content (AvgIpc) is 3.12. The number of fused-ring (bicyclic) bond motifs is 1. The van der Waals surface area contributed by atoms with Crippen molar-refractivity contribution in [2.75, 3.05) is 0 Å². The molecule has 1 heteroatoms. The Labute approximate surface area is 264 Å². The van der Waals surface area contributed by atoms with Gasteiger partial charge in [-0.15, -0.1) is 0 Å². The van der Waals surface area contributed by atoms with Gasteiger partial charge in [0.05, 0.1) is 0 Å². The van der Waals surface area contributed by atoms with Crippen LogP contribution in [0.3, 0.4) is 0 Å². The molecule has 0 nitrogen and oxygen atoms in total. The minimum atomic E-state index is -2.69. The Morgan fingerprint density at radius 2 is 0.711 bits per heavy atom. The Hall–Kier alpha value is -5.50. The summed E-state index contributed by atoms with van der Waals surface area (Å²) in [7, 11) is -2.69. The molecule has 0 atom stereocenters. The average molecular weight is 587 g/mol. The molecule has 0 spiro atoms. The summed E-state index contributed by atoms with van der Waals surface area (Å²) >= 11 is 0. The van der Waals surface area contributed by atoms with E-state index in [-0.39, 0.29) is 0 Å². The van der Waals surface area contributed by atoms with Crippen LogP contribution in [0.2, 0.25) is 0 Å². The van der Waals surface area contributed by atoms with E-state index in [1.165, 1.54) is 75.0 Å². The lowest BCUT2D eigenvalue weighted by atomic mass is 9.88. The van der Waals surface area contributed by atoms with Gasteiger partial charge in [-0.05, 0) is 75.0 Å². The molecule has 9 aromatic carbocycles. The fourth-order valence-corrected chi connectivity index (χ4v) is 12.8. The van der Waals surface area contributed by atoms with Crippen molar-refractivity contribution >= 4 is 71.9 Å². The molecule has 0 saturated heterocycles. The Balaban J connectivity index is 1.39. The highest BCUT2D eigenvalue weighted by atomic mass is 28.3. The van der Waals surface area contributed by atoms with Crippen LogP contribution in [-0.4, -0.2) is 8.07 Å². The monoisotopic (exact) mass is 586 g/mol. The number of hydrogen-bond donors (Lipinski definition) is 0. The van der Waals surface area contributed by atoms with E-state index >= 15 is 0 Å². The van der Waals surface area contributed by atoms with Crippen molar-refractivity contribution in [3.8, 4) is 11.1 Å². The minimum Gasteiger partial charge on any atom is -0.0623 e. The van der Waals surface area contributed by atoms with Crippen molar-refractivity contribution in [1.82, 2.24) is 0 Å². The third-order valence-corrected chi connectivity index (χ3v) is 14.6. The van der Waals surface area contributed by atoms with Gasteiger partial charge in [0.15, 0.2) is 8.07 Å². The van der Waals surface area contributed by atoms with Gasteiger partial charge in [0.2, 0.25) is 0 Å². The molecule has 0 aliphatic heterocycles. The summed E-state index contributed by atoms with van der Waals surface area (Å²) in [6.45, 7) is 0. The fourth-order valence-electron chi connectivity index (χ4n) is 7.86. The van der Waals surface area contributed by atoms with Crippen molar-refractivity contribution in [3.05, 3.63) is 182 Å². The van der Waals surface area contributed by atoms with E-state index in [2.05, 4.69) is 182 Å². The second-order valence-corrected chi connectivity index (χ2v) is 15.8. The summed E-state index contributed by atoms with van der Waals surface area (Å²) < 4.78 is 0. The molecule has 0 unspecified atom stereocenters. The predicted octanol–water partition coefficient (Wildman–Crippen LogP) is 8.78. The third kappa shape index (κ3) is 3.84. The molecule has 0 radical (unpaired) electrons. The highest BCUT2D eigenvalue weighted by molar-refractivity contribution is 7.20. The zero-order valence-electron chi connectivity index (χ0n) is 24.8. The lowest BCUT2D eigenvalue weighted by Gasteiger charge is -2.35. The van der Waals surface area contributed by atoms with Crippen LogP contribution in [0.5, 0.6) is 0 Å². The largest absolute Gasteiger partial charge is 0.180 e. The molecule has 0 fully saturated rings. The Bertz CT molecular complexity index is 2350. The van der Waals surface area contributed by atoms with Gasteiger partial charge in [-0.1, -0.05) is 182 Å². The first kappa shape index (κ1) is 25.9. The zero-order valence-corrected chi connectivity index (χ0v) is 25.8. The van der Waals surface area contributed by atoms with E-state index in [1.54, 1.807) is 0 Å². The lowest BCUT2D eigenvalue weighted by molar-refractivity contribution is 1.67. The van der Waals surface area contributed by atoms with Crippen LogP contribution in [0.1, 0.15) is 0 Å². The van der Waals surface area contributed by atoms with Crippen molar-refractivity contribution in [1.29, 1.82) is 0 Å². The van der Waals surface area contributed by atoms with Gasteiger partial charge in [0.25, 0.3) is 0 Å². The van der Waals surface area contributed by atoms with Gasteiger partial charge < -0.3 is 0 Å². The highest BCUT2D eigenvalue weighted by Gasteiger charge is 2.42. The van der Waals surface area contributed by atoms with Crippen molar-refractivity contribution in [3.63, 3.8) is 0 Å². The summed E-state index contributed by atoms with van der Waals surface area (Å²) in [4.78, 5) is 0. The minimum absolute atomic E-state index is 1.28. The van der Waals surface area contributed by atoms with Crippen LogP contribution >= 0.6 is 0 Å². The molecule has 9 aromatic rings. The Morgan fingerprint density at radius 3 is 1.31 bits per heavy atom. The summed E-state index contributed by atoms with van der Waals surface area (Å²) in [5.74, 6) is 0. The molecule has 9 rings (SSSR count). The van der Waals surface area contributed by atoms with E-state index in [1.807, 2.05) is 0 Å². The van der Waals surface area contributed by atoms with E-state index in [4.69, 9.17) is 0 Å². The van der Waals surface area contributed by atoms with Gasteiger partial charge in [-0.2, -0.15) is 0 Å². The van der Waals surface area contributed by atoms with Crippen molar-refractivity contribution < 1.29 is 0 Å². The Kier molecular flexibility index (Phi) is 5.94. The number of hydrogen-bond acceptors (Lipinski definition) is 0. The summed E-state index contributed by atoms with van der Waals surface area (Å²) in [5, 5.41) is 16.1. The van der Waals surface area contributed by atoms with Gasteiger partial charge >= 0.3 is 0 Å². The molecular formula is C44H30Si. The van der Waals surface area contributed by atoms with E-state index in [0.29, 0.717) is 0 Å². The molecule has 0 N–H and O–H groups in total. The second-order valence-electron chi connectivity index (χ2n) is 12.0. The molecule has 0 aliphatic rings. The first-order valence-corrected chi connectivity index (χ1v) is 17.7. The first-order valence-electron chi connectivity index (χ1n) is 15.7. The summed E-state index contributed by atoms with van der Waals surface area (Å²) in [6, 6.07) is 68.0. The second kappa shape index (κ2) is 10.3. The van der Waals surface area contributed by atoms with Gasteiger partial charge in [-0.3, -0.25) is 0 Å². The SMILES string of the molecule is c1ccc([Si](c2ccccc2)(c2ccccc2)c2ccc(-c3ccc4ccc5cccc6ccc3c4c56)c3ccccc23)cc1. The van der Waals surface area contributed by atoms with Crippen molar-refractivity contribution in [2.45, 2.75) is 0 Å². The maximum Gasteiger partial charge on any atom is 0.180 e. The maximum absolute atomic E-state index is 2.69. The van der Waals surface area contributed by atoms with E-state index in [0.717, 1.165) is 0 Å². The molecule has 0 saturated carbocycles. The molecule has 0 bridgehead atoms. The van der Waals surface area contributed by atoms with Gasteiger partial charge in [-0.25, -0.2) is 0 Å². The molecule has 0 heterocycles. The lowest BCUT2D eigenvalue weighted by Crippen LogP contribution is -2.74. The van der Waals surface area contributed by atoms with E-state index in [9.17, 15) is 0 Å². The van der Waals surface area contributed by atoms with Crippen molar-refractivity contribution in [2.24, 2.45) is 0 Å². The smallest absolute Gasteiger partial charge is 0.0623 e. The predicted molar refractivity (Wildman–Crippen MR) is 197 cm³/mol. The normalized spacial score (nSPS) is 12.0. The van der Waals surface area contributed by atoms with Crippen LogP contribution in [0.25, 0.3) is 54.2 Å². The topological polar surface area (TPSA) is 0 Å². The molecule has 210 valence electrons. The standard InChI is InChI=1S/C44H30Si/c1-4-15-34(16-5-1)45(35-17-6-2-7-18-35,36-19-8-3-9-20-36)42-30-29-38(37-21-10-11-22-40(37)42)39-27-25-33-24-23-31-13-12-14-32-26-28-41(39)44(33)43(31)32/h1-30H. The summed E-state index contributed by atoms with van der Waals surface area (Å²) in [6.07, 6.45) is 0. The molecule has 0 aliphatic carbocycles. The highest BCUT2D eigenvalue weighted by Crippen LogP contribution is 2.41. The molecule has 45 heavy (non-hydrogen) atoms. The van der Waals surface area contributed by atoms with Gasteiger partial charge in [0, 0.05) is 0 Å². The van der Waals surface area contributed by atoms with Gasteiger partial charge in [0.1, 0.15) is 0 Å². The van der Waals surface area contributed by atoms with Crippen LogP contribution in [-0.2, 0) is 0 Å². The van der Waals surface area contributed by atoms with Crippen LogP contribution < -0.4 is 20.7 Å². The number of rotatable bonds is 5. The van der Waals surface area contributed by atoms with Crippen LogP contribution in [0.4, 0.5) is 0 Å². The van der Waals surface area contributed by atoms with E-state index < -0.39 is 8.07 Å². The quantitative estimate of drug-likeness (QED) is 0.107. The summed E-state index contributed by atoms with van der Waals surface area (Å²) in [5.41, 5.74) is 2.57. The molecule has 0 aromatic heterocycles. The number of benzene rings is 9. The Morgan fingerprint density at radius 1 is 0.267 bits per heavy atom. The van der Waals surface area contributed by atoms with Crippen LogP contribution in [0, 0.1) is 0 Å². The van der Waals surface area contributed by atoms with Crippen LogP contribution in [0.15, 0.2) is 182 Å². The molecular weight excluding hydrogens is 557 g/mol. The maximum atomic E-state index is 2.45.